The SMILES string of the molecule is O=C1OCC[C@H]2[C@@H]1[C@@H]2C(=O)c1ccccc1. The first-order chi connectivity index (χ1) is 7.79. The maximum absolute atomic E-state index is 12.1. The van der Waals surface area contributed by atoms with Crippen LogP contribution < -0.4 is 0 Å². The van der Waals surface area contributed by atoms with Gasteiger partial charge in [0.1, 0.15) is 0 Å². The lowest BCUT2D eigenvalue weighted by atomic mass is 10.1. The number of carbonyl (C=O) groups excluding carboxylic acids is 2. The molecule has 0 spiro atoms. The van der Waals surface area contributed by atoms with E-state index in [9.17, 15) is 9.59 Å². The van der Waals surface area contributed by atoms with Crippen LogP contribution in [0.5, 0.6) is 0 Å². The first-order valence-corrected chi connectivity index (χ1v) is 5.55. The Hall–Kier alpha value is -1.64. The summed E-state index contributed by atoms with van der Waals surface area (Å²) in [6.45, 7) is 0.471. The standard InChI is InChI=1S/C13H12O3/c14-12(8-4-2-1-3-5-8)10-9-6-7-16-13(15)11(9)10/h1-5,9-11H,6-7H2/t9-,10-,11-/m1/s1. The minimum atomic E-state index is -0.189. The number of benzene rings is 1. The van der Waals surface area contributed by atoms with E-state index in [2.05, 4.69) is 0 Å². The van der Waals surface area contributed by atoms with Crippen molar-refractivity contribution < 1.29 is 14.3 Å². The molecule has 0 bridgehead atoms. The van der Waals surface area contributed by atoms with Crippen molar-refractivity contribution in [3.63, 3.8) is 0 Å². The van der Waals surface area contributed by atoms with Crippen LogP contribution in [-0.4, -0.2) is 18.4 Å². The van der Waals surface area contributed by atoms with Crippen LogP contribution in [-0.2, 0) is 9.53 Å². The van der Waals surface area contributed by atoms with Crippen molar-refractivity contribution in [3.8, 4) is 0 Å². The number of rotatable bonds is 2. The van der Waals surface area contributed by atoms with Crippen molar-refractivity contribution in [2.24, 2.45) is 17.8 Å². The van der Waals surface area contributed by atoms with Crippen LogP contribution in [0.4, 0.5) is 0 Å². The van der Waals surface area contributed by atoms with Gasteiger partial charge in [0.25, 0.3) is 0 Å². The third-order valence-electron chi connectivity index (χ3n) is 3.50. The Bertz CT molecular complexity index is 438. The van der Waals surface area contributed by atoms with Gasteiger partial charge in [-0.25, -0.2) is 0 Å². The topological polar surface area (TPSA) is 43.4 Å². The molecule has 0 radical (unpaired) electrons. The number of ether oxygens (including phenoxy) is 1. The molecule has 1 aliphatic heterocycles. The van der Waals surface area contributed by atoms with Crippen LogP contribution in [0, 0.1) is 17.8 Å². The summed E-state index contributed by atoms with van der Waals surface area (Å²) in [6, 6.07) is 9.18. The zero-order valence-corrected chi connectivity index (χ0v) is 8.76. The fourth-order valence-corrected chi connectivity index (χ4v) is 2.60. The van der Waals surface area contributed by atoms with E-state index in [0.717, 1.165) is 6.42 Å². The maximum atomic E-state index is 12.1. The third kappa shape index (κ3) is 1.35. The third-order valence-corrected chi connectivity index (χ3v) is 3.50. The van der Waals surface area contributed by atoms with Crippen LogP contribution in [0.25, 0.3) is 0 Å². The minimum Gasteiger partial charge on any atom is -0.465 e. The normalized spacial score (nSPS) is 31.5. The summed E-state index contributed by atoms with van der Waals surface area (Å²) in [5.41, 5.74) is 0.703. The number of hydrogen-bond donors (Lipinski definition) is 0. The van der Waals surface area contributed by atoms with E-state index < -0.39 is 0 Å². The van der Waals surface area contributed by atoms with Crippen LogP contribution in [0.1, 0.15) is 16.8 Å². The molecule has 3 atom stereocenters. The molecule has 1 saturated heterocycles. The summed E-state index contributed by atoms with van der Waals surface area (Å²) >= 11 is 0. The molecule has 1 aliphatic carbocycles. The lowest BCUT2D eigenvalue weighted by Gasteiger charge is -2.07. The molecule has 0 unspecified atom stereocenters. The highest BCUT2D eigenvalue weighted by molar-refractivity contribution is 6.03. The van der Waals surface area contributed by atoms with Crippen molar-refractivity contribution in [3.05, 3.63) is 35.9 Å². The average molecular weight is 216 g/mol. The summed E-state index contributed by atoms with van der Waals surface area (Å²) in [4.78, 5) is 23.5. The van der Waals surface area contributed by atoms with Gasteiger partial charge in [-0.1, -0.05) is 30.3 Å². The van der Waals surface area contributed by atoms with Gasteiger partial charge in [-0.05, 0) is 12.3 Å². The van der Waals surface area contributed by atoms with E-state index in [-0.39, 0.29) is 29.5 Å². The lowest BCUT2D eigenvalue weighted by Crippen LogP contribution is -2.15. The number of cyclic esters (lactones) is 1. The predicted octanol–water partition coefficient (Wildman–Crippen LogP) is 1.68. The molecular formula is C13H12O3. The molecule has 3 nitrogen and oxygen atoms in total. The zero-order chi connectivity index (χ0) is 11.1. The molecule has 82 valence electrons. The number of Topliss-reactive ketones (excluding diaryl/α,β-unsaturated/α-hetero) is 1. The van der Waals surface area contributed by atoms with Gasteiger partial charge >= 0.3 is 5.97 Å². The summed E-state index contributed by atoms with van der Waals surface area (Å²) in [5.74, 6) is -0.159. The van der Waals surface area contributed by atoms with Crippen LogP contribution in [0.3, 0.4) is 0 Å². The summed E-state index contributed by atoms with van der Waals surface area (Å²) in [5, 5.41) is 0. The van der Waals surface area contributed by atoms with E-state index in [1.165, 1.54) is 0 Å². The molecular weight excluding hydrogens is 204 g/mol. The van der Waals surface area contributed by atoms with Gasteiger partial charge in [-0.15, -0.1) is 0 Å². The number of ketones is 1. The van der Waals surface area contributed by atoms with Gasteiger partial charge in [-0.3, -0.25) is 9.59 Å². The van der Waals surface area contributed by atoms with Gasteiger partial charge in [0, 0.05) is 11.5 Å². The first kappa shape index (κ1) is 9.58. The number of hydrogen-bond acceptors (Lipinski definition) is 3. The highest BCUT2D eigenvalue weighted by Gasteiger charge is 2.60. The molecule has 0 amide bonds. The van der Waals surface area contributed by atoms with E-state index in [1.54, 1.807) is 12.1 Å². The quantitative estimate of drug-likeness (QED) is 0.558. The molecule has 1 heterocycles. The second-order valence-electron chi connectivity index (χ2n) is 4.40. The molecule has 3 rings (SSSR count). The smallest absolute Gasteiger partial charge is 0.309 e. The predicted molar refractivity (Wildman–Crippen MR) is 56.8 cm³/mol. The van der Waals surface area contributed by atoms with Crippen molar-refractivity contribution >= 4 is 11.8 Å². The Morgan fingerprint density at radius 2 is 2.00 bits per heavy atom. The van der Waals surface area contributed by atoms with Gasteiger partial charge in [0.05, 0.1) is 12.5 Å². The fourth-order valence-electron chi connectivity index (χ4n) is 2.60. The van der Waals surface area contributed by atoms with Crippen LogP contribution >= 0.6 is 0 Å². The molecule has 16 heavy (non-hydrogen) atoms. The lowest BCUT2D eigenvalue weighted by molar-refractivity contribution is -0.148. The number of fused-ring (bicyclic) bond motifs is 1. The first-order valence-electron chi connectivity index (χ1n) is 5.55. The highest BCUT2D eigenvalue weighted by Crippen LogP contribution is 2.53. The summed E-state index contributed by atoms with van der Waals surface area (Å²) in [7, 11) is 0. The van der Waals surface area contributed by atoms with Gasteiger partial charge in [0.2, 0.25) is 0 Å². The number of carbonyl (C=O) groups is 2. The zero-order valence-electron chi connectivity index (χ0n) is 8.76. The monoisotopic (exact) mass is 216 g/mol. The molecule has 3 heteroatoms. The molecule has 0 aromatic heterocycles. The van der Waals surface area contributed by atoms with Gasteiger partial charge in [0.15, 0.2) is 5.78 Å². The Balaban J connectivity index is 1.81. The second-order valence-corrected chi connectivity index (χ2v) is 4.40. The van der Waals surface area contributed by atoms with Gasteiger partial charge < -0.3 is 4.74 Å². The Morgan fingerprint density at radius 3 is 2.69 bits per heavy atom. The number of esters is 1. The minimum absolute atomic E-state index is 0.0921. The van der Waals surface area contributed by atoms with E-state index >= 15 is 0 Å². The Labute approximate surface area is 93.4 Å². The summed E-state index contributed by atoms with van der Waals surface area (Å²) in [6.07, 6.45) is 0.833. The Morgan fingerprint density at radius 1 is 1.25 bits per heavy atom. The second kappa shape index (κ2) is 3.44. The highest BCUT2D eigenvalue weighted by atomic mass is 16.5. The largest absolute Gasteiger partial charge is 0.465 e. The van der Waals surface area contributed by atoms with Crippen molar-refractivity contribution in [2.45, 2.75) is 6.42 Å². The van der Waals surface area contributed by atoms with Crippen molar-refractivity contribution in [1.29, 1.82) is 0 Å². The van der Waals surface area contributed by atoms with Crippen LogP contribution in [0.15, 0.2) is 30.3 Å². The van der Waals surface area contributed by atoms with Crippen molar-refractivity contribution in [2.75, 3.05) is 6.61 Å². The molecule has 2 aliphatic rings. The van der Waals surface area contributed by atoms with Crippen LogP contribution in [0.2, 0.25) is 0 Å². The molecule has 2 fully saturated rings. The molecule has 1 aromatic carbocycles. The van der Waals surface area contributed by atoms with Gasteiger partial charge in [-0.2, -0.15) is 0 Å². The maximum Gasteiger partial charge on any atom is 0.309 e. The molecule has 0 N–H and O–H groups in total. The van der Waals surface area contributed by atoms with E-state index in [0.29, 0.717) is 12.2 Å². The average Bonchev–Trinajstić information content (AvgIpc) is 3.05. The summed E-state index contributed by atoms with van der Waals surface area (Å²) < 4.78 is 4.96. The molecule has 1 saturated carbocycles. The Kier molecular flexibility index (Phi) is 2.06. The van der Waals surface area contributed by atoms with E-state index in [4.69, 9.17) is 4.74 Å². The van der Waals surface area contributed by atoms with E-state index in [1.807, 2.05) is 18.2 Å². The van der Waals surface area contributed by atoms with Crippen molar-refractivity contribution in [1.82, 2.24) is 0 Å². The molecule has 1 aromatic rings. The fraction of sp³-hybridized carbons (Fsp3) is 0.385.